The van der Waals surface area contributed by atoms with Gasteiger partial charge in [-0.25, -0.2) is 0 Å². The first-order chi connectivity index (χ1) is 20.5. The van der Waals surface area contributed by atoms with E-state index in [9.17, 15) is 9.59 Å². The van der Waals surface area contributed by atoms with Gasteiger partial charge in [0.2, 0.25) is 0 Å². The van der Waals surface area contributed by atoms with Gasteiger partial charge in [-0.2, -0.15) is 0 Å². The third kappa shape index (κ3) is 6.15. The number of amides is 2. The Bertz CT molecular complexity index is 1390. The lowest BCUT2D eigenvalue weighted by atomic mass is 9.75. The second kappa shape index (κ2) is 12.8. The lowest BCUT2D eigenvalue weighted by Gasteiger charge is -2.41. The van der Waals surface area contributed by atoms with E-state index >= 15 is 0 Å². The second-order valence-electron chi connectivity index (χ2n) is 11.6. The summed E-state index contributed by atoms with van der Waals surface area (Å²) in [5.41, 5.74) is 2.07. The highest BCUT2D eigenvalue weighted by molar-refractivity contribution is 7.08. The van der Waals surface area contributed by atoms with Crippen molar-refractivity contribution in [2.24, 2.45) is 5.41 Å². The Morgan fingerprint density at radius 3 is 2.67 bits per heavy atom. The molecule has 1 spiro atoms. The smallest absolute Gasteiger partial charge is 0.267 e. The van der Waals surface area contributed by atoms with Crippen molar-refractivity contribution < 1.29 is 23.8 Å². The zero-order chi connectivity index (χ0) is 28.9. The zero-order valence-electron chi connectivity index (χ0n) is 24.1. The Balaban J connectivity index is 1.15. The minimum absolute atomic E-state index is 0.0242. The van der Waals surface area contributed by atoms with Gasteiger partial charge in [-0.3, -0.25) is 9.59 Å². The highest BCUT2D eigenvalue weighted by Crippen LogP contribution is 2.39. The summed E-state index contributed by atoms with van der Waals surface area (Å²) < 4.78 is 21.8. The van der Waals surface area contributed by atoms with E-state index in [4.69, 9.17) is 14.2 Å². The van der Waals surface area contributed by atoms with Gasteiger partial charge in [0, 0.05) is 42.8 Å². The first-order valence-corrected chi connectivity index (χ1v) is 15.7. The molecule has 4 heterocycles. The quantitative estimate of drug-likeness (QED) is 0.408. The summed E-state index contributed by atoms with van der Waals surface area (Å²) >= 11 is 1.15. The molecule has 0 aliphatic carbocycles. The number of fused-ring (bicyclic) bond motifs is 3. The topological polar surface area (TPSA) is 94.1 Å². The summed E-state index contributed by atoms with van der Waals surface area (Å²) in [6.45, 7) is 3.91. The largest absolute Gasteiger partial charge is 0.497 e. The number of rotatable bonds is 3. The van der Waals surface area contributed by atoms with Crippen molar-refractivity contribution in [1.82, 2.24) is 19.4 Å². The van der Waals surface area contributed by atoms with Crippen LogP contribution in [0.25, 0.3) is 11.3 Å². The molecule has 2 saturated heterocycles. The third-order valence-corrected chi connectivity index (χ3v) is 9.69. The summed E-state index contributed by atoms with van der Waals surface area (Å²) in [7, 11) is 1.63. The third-order valence-electron chi connectivity index (χ3n) is 8.98. The molecule has 42 heavy (non-hydrogen) atoms. The molecule has 10 heteroatoms. The molecule has 3 aliphatic rings. The van der Waals surface area contributed by atoms with E-state index < -0.39 is 0 Å². The van der Waals surface area contributed by atoms with E-state index in [1.807, 2.05) is 58.3 Å². The number of aromatic nitrogens is 2. The molecule has 6 rings (SSSR count). The van der Waals surface area contributed by atoms with Crippen LogP contribution < -0.4 is 9.47 Å². The van der Waals surface area contributed by atoms with Crippen molar-refractivity contribution in [3.63, 3.8) is 0 Å². The fourth-order valence-electron chi connectivity index (χ4n) is 6.38. The van der Waals surface area contributed by atoms with E-state index in [0.29, 0.717) is 49.0 Å². The Kier molecular flexibility index (Phi) is 8.71. The predicted octanol–water partition coefficient (Wildman–Crippen LogP) is 5.32. The standard InChI is InChI=1S/C32H38N4O5S/c1-39-26-11-9-23(10-12-26)28-29(42-34-33-28)31(38)35-17-14-32(15-18-35)13-2-3-19-40-21-25-7-5-16-36(25)30(37)24-6-4-8-27(20-24)41-22-32/h4,6,8-12,20,25H,2-3,5,7,13-19,21-22H2,1H3/t25-/m0/s1. The maximum absolute atomic E-state index is 13.6. The van der Waals surface area contributed by atoms with Gasteiger partial charge in [0.1, 0.15) is 22.1 Å². The van der Waals surface area contributed by atoms with Crippen molar-refractivity contribution >= 4 is 23.3 Å². The summed E-state index contributed by atoms with van der Waals surface area (Å²) in [6, 6.07) is 15.3. The van der Waals surface area contributed by atoms with Crippen LogP contribution in [0.2, 0.25) is 0 Å². The molecule has 0 N–H and O–H groups in total. The van der Waals surface area contributed by atoms with Crippen molar-refractivity contribution in [3.8, 4) is 22.8 Å². The van der Waals surface area contributed by atoms with E-state index in [2.05, 4.69) is 9.59 Å². The predicted molar refractivity (Wildman–Crippen MR) is 160 cm³/mol. The maximum Gasteiger partial charge on any atom is 0.267 e. The number of hydrogen-bond acceptors (Lipinski definition) is 8. The number of carbonyl (C=O) groups is 2. The Labute approximate surface area is 250 Å². The molecule has 2 fully saturated rings. The highest BCUT2D eigenvalue weighted by Gasteiger charge is 2.38. The Morgan fingerprint density at radius 1 is 1.02 bits per heavy atom. The van der Waals surface area contributed by atoms with Crippen molar-refractivity contribution in [3.05, 3.63) is 59.0 Å². The van der Waals surface area contributed by atoms with Crippen LogP contribution in [0.3, 0.4) is 0 Å². The summed E-state index contributed by atoms with van der Waals surface area (Å²) in [5, 5.41) is 4.28. The van der Waals surface area contributed by atoms with Crippen molar-refractivity contribution in [1.29, 1.82) is 0 Å². The molecule has 3 aromatic rings. The molecular weight excluding hydrogens is 552 g/mol. The number of nitrogens with zero attached hydrogens (tertiary/aromatic N) is 4. The molecule has 3 aliphatic heterocycles. The normalized spacial score (nSPS) is 21.3. The highest BCUT2D eigenvalue weighted by atomic mass is 32.1. The molecule has 1 atom stereocenters. The summed E-state index contributed by atoms with van der Waals surface area (Å²) in [6.07, 6.45) is 6.70. The first kappa shape index (κ1) is 28.6. The maximum atomic E-state index is 13.6. The average molecular weight is 591 g/mol. The number of piperidine rings is 1. The van der Waals surface area contributed by atoms with E-state index in [-0.39, 0.29) is 23.3 Å². The number of hydrogen-bond donors (Lipinski definition) is 0. The van der Waals surface area contributed by atoms with Gasteiger partial charge in [-0.1, -0.05) is 17.0 Å². The monoisotopic (exact) mass is 590 g/mol. The fourth-order valence-corrected chi connectivity index (χ4v) is 7.04. The molecule has 0 radical (unpaired) electrons. The van der Waals surface area contributed by atoms with E-state index in [1.165, 1.54) is 0 Å². The zero-order valence-corrected chi connectivity index (χ0v) is 24.9. The van der Waals surface area contributed by atoms with E-state index in [1.54, 1.807) is 7.11 Å². The van der Waals surface area contributed by atoms with Crippen LogP contribution in [0, 0.1) is 5.41 Å². The number of benzene rings is 2. The molecule has 2 aromatic carbocycles. The van der Waals surface area contributed by atoms with Gasteiger partial charge < -0.3 is 24.0 Å². The van der Waals surface area contributed by atoms with Gasteiger partial charge >= 0.3 is 0 Å². The SMILES string of the molecule is COc1ccc(-c2nnsc2C(=O)N2CCC3(CCCCOC[C@@H]4CCCN4C(=O)c4cccc(c4)OC3)CC2)cc1. The van der Waals surface area contributed by atoms with Crippen molar-refractivity contribution in [2.75, 3.05) is 46.6 Å². The molecule has 0 unspecified atom stereocenters. The van der Waals surface area contributed by atoms with Crippen LogP contribution in [-0.4, -0.2) is 83.8 Å². The van der Waals surface area contributed by atoms with Gasteiger partial charge in [0.05, 0.1) is 26.4 Å². The van der Waals surface area contributed by atoms with Gasteiger partial charge in [-0.05, 0) is 92.5 Å². The molecule has 9 nitrogen and oxygen atoms in total. The van der Waals surface area contributed by atoms with Crippen LogP contribution in [-0.2, 0) is 4.74 Å². The number of methoxy groups -OCH3 is 1. The number of likely N-dealkylation sites (tertiary alicyclic amines) is 1. The minimum Gasteiger partial charge on any atom is -0.497 e. The van der Waals surface area contributed by atoms with Gasteiger partial charge in [0.15, 0.2) is 0 Å². The van der Waals surface area contributed by atoms with Crippen LogP contribution in [0.1, 0.15) is 65.0 Å². The molecule has 1 aromatic heterocycles. The van der Waals surface area contributed by atoms with Crippen LogP contribution in [0.4, 0.5) is 0 Å². The fraction of sp³-hybridized carbons (Fsp3) is 0.500. The summed E-state index contributed by atoms with van der Waals surface area (Å²) in [5.74, 6) is 1.50. The lowest BCUT2D eigenvalue weighted by Crippen LogP contribution is -2.45. The Morgan fingerprint density at radius 2 is 1.86 bits per heavy atom. The lowest BCUT2D eigenvalue weighted by molar-refractivity contribution is 0.0335. The van der Waals surface area contributed by atoms with Gasteiger partial charge in [-0.15, -0.1) is 5.10 Å². The number of ether oxygens (including phenoxy) is 3. The van der Waals surface area contributed by atoms with Gasteiger partial charge in [0.25, 0.3) is 11.8 Å². The molecule has 0 saturated carbocycles. The molecule has 2 amide bonds. The number of carbonyl (C=O) groups excluding carboxylic acids is 2. The van der Waals surface area contributed by atoms with E-state index in [0.717, 1.165) is 80.1 Å². The van der Waals surface area contributed by atoms with Crippen LogP contribution >= 0.6 is 11.5 Å². The van der Waals surface area contributed by atoms with Crippen LogP contribution in [0.5, 0.6) is 11.5 Å². The van der Waals surface area contributed by atoms with Crippen LogP contribution in [0.15, 0.2) is 48.5 Å². The average Bonchev–Trinajstić information content (AvgIpc) is 3.72. The molecule has 222 valence electrons. The molecule has 2 bridgehead atoms. The second-order valence-corrected chi connectivity index (χ2v) is 12.4. The summed E-state index contributed by atoms with van der Waals surface area (Å²) in [4.78, 5) is 31.4. The Hall–Kier alpha value is -3.50. The molecular formula is C32H38N4O5S. The first-order valence-electron chi connectivity index (χ1n) is 14.9. The van der Waals surface area contributed by atoms with Crippen molar-refractivity contribution in [2.45, 2.75) is 51.0 Å². The minimum atomic E-state index is -0.0538.